The Morgan fingerprint density at radius 3 is 3.00 bits per heavy atom. The van der Waals surface area contributed by atoms with E-state index in [2.05, 4.69) is 9.97 Å². The largest absolute Gasteiger partial charge is 0.378 e. The molecule has 100 valence electrons. The topological polar surface area (TPSA) is 69.2 Å². The van der Waals surface area contributed by atoms with Gasteiger partial charge in [0.25, 0.3) is 5.91 Å². The highest BCUT2D eigenvalue weighted by Gasteiger charge is 2.21. The summed E-state index contributed by atoms with van der Waals surface area (Å²) in [7, 11) is 1.61. The molecule has 19 heavy (non-hydrogen) atoms. The Bertz CT molecular complexity index is 557. The van der Waals surface area contributed by atoms with Crippen LogP contribution in [0.2, 0.25) is 5.02 Å². The molecule has 5 nitrogen and oxygen atoms in total. The van der Waals surface area contributed by atoms with E-state index < -0.39 is 12.0 Å². The van der Waals surface area contributed by atoms with Crippen molar-refractivity contribution in [2.24, 2.45) is 0 Å². The minimum atomic E-state index is -1.22. The second-order valence-corrected chi connectivity index (χ2v) is 4.62. The molecule has 0 fully saturated rings. The third-order valence-corrected chi connectivity index (χ3v) is 2.95. The molecule has 1 unspecified atom stereocenters. The monoisotopic (exact) mass is 279 g/mol. The number of aromatic amines is 1. The van der Waals surface area contributed by atoms with Crippen LogP contribution in [0.25, 0.3) is 0 Å². The average Bonchev–Trinajstić information content (AvgIpc) is 2.89. The summed E-state index contributed by atoms with van der Waals surface area (Å²) in [5.74, 6) is 0.257. The van der Waals surface area contributed by atoms with Crippen LogP contribution >= 0.6 is 11.6 Å². The fourth-order valence-electron chi connectivity index (χ4n) is 1.72. The summed E-state index contributed by atoms with van der Waals surface area (Å²) < 4.78 is 0. The Morgan fingerprint density at radius 1 is 1.58 bits per heavy atom. The van der Waals surface area contributed by atoms with E-state index in [1.165, 1.54) is 4.90 Å². The molecule has 0 bridgehead atoms. The molecule has 2 N–H and O–H groups in total. The molecule has 1 aromatic heterocycles. The summed E-state index contributed by atoms with van der Waals surface area (Å²) in [6.45, 7) is 0.309. The van der Waals surface area contributed by atoms with Crippen molar-refractivity contribution in [1.82, 2.24) is 14.9 Å². The lowest BCUT2D eigenvalue weighted by Gasteiger charge is -2.20. The maximum atomic E-state index is 12.1. The number of nitrogens with one attached hydrogen (secondary N) is 1. The molecule has 2 rings (SSSR count). The zero-order chi connectivity index (χ0) is 13.8. The first-order chi connectivity index (χ1) is 9.08. The number of aromatic nitrogens is 2. The summed E-state index contributed by atoms with van der Waals surface area (Å²) in [6, 6.07) is 6.62. The van der Waals surface area contributed by atoms with E-state index in [9.17, 15) is 9.90 Å². The standard InChI is InChI=1S/C13H14ClN3O2/c1-17(8-11-15-5-6-16-11)13(19)12(18)9-3-2-4-10(14)7-9/h2-7,12,18H,8H2,1H3,(H,15,16). The first-order valence-corrected chi connectivity index (χ1v) is 6.12. The Morgan fingerprint density at radius 2 is 2.37 bits per heavy atom. The first-order valence-electron chi connectivity index (χ1n) is 5.74. The Kier molecular flexibility index (Phi) is 4.19. The quantitative estimate of drug-likeness (QED) is 0.896. The normalized spacial score (nSPS) is 12.2. The summed E-state index contributed by atoms with van der Waals surface area (Å²) in [5.41, 5.74) is 0.476. The number of carbonyl (C=O) groups is 1. The van der Waals surface area contributed by atoms with E-state index in [1.54, 1.807) is 43.7 Å². The maximum absolute atomic E-state index is 12.1. The van der Waals surface area contributed by atoms with Crippen molar-refractivity contribution >= 4 is 17.5 Å². The molecule has 2 aromatic rings. The van der Waals surface area contributed by atoms with Gasteiger partial charge in [-0.15, -0.1) is 0 Å². The minimum Gasteiger partial charge on any atom is -0.378 e. The van der Waals surface area contributed by atoms with Crippen molar-refractivity contribution < 1.29 is 9.90 Å². The number of hydrogen-bond acceptors (Lipinski definition) is 3. The van der Waals surface area contributed by atoms with Gasteiger partial charge in [0.15, 0.2) is 6.10 Å². The van der Waals surface area contributed by atoms with Gasteiger partial charge in [0.2, 0.25) is 0 Å². The maximum Gasteiger partial charge on any atom is 0.256 e. The lowest BCUT2D eigenvalue weighted by molar-refractivity contribution is -0.139. The van der Waals surface area contributed by atoms with Gasteiger partial charge in [0.05, 0.1) is 6.54 Å². The van der Waals surface area contributed by atoms with Crippen LogP contribution in [-0.4, -0.2) is 32.9 Å². The minimum absolute atomic E-state index is 0.309. The van der Waals surface area contributed by atoms with Crippen LogP contribution in [0.15, 0.2) is 36.7 Å². The van der Waals surface area contributed by atoms with E-state index in [0.717, 1.165) is 0 Å². The SMILES string of the molecule is CN(Cc1ncc[nH]1)C(=O)C(O)c1cccc(Cl)c1. The third kappa shape index (κ3) is 3.33. The van der Waals surface area contributed by atoms with Crippen molar-refractivity contribution in [2.75, 3.05) is 7.05 Å². The van der Waals surface area contributed by atoms with Gasteiger partial charge in [-0.3, -0.25) is 4.79 Å². The Hall–Kier alpha value is -1.85. The van der Waals surface area contributed by atoms with Crippen LogP contribution in [-0.2, 0) is 11.3 Å². The number of amides is 1. The van der Waals surface area contributed by atoms with Gasteiger partial charge in [-0.2, -0.15) is 0 Å². The zero-order valence-corrected chi connectivity index (χ0v) is 11.1. The molecule has 0 saturated heterocycles. The molecular weight excluding hydrogens is 266 g/mol. The molecule has 0 saturated carbocycles. The molecule has 0 aliphatic heterocycles. The molecule has 0 aliphatic carbocycles. The predicted octanol–water partition coefficient (Wildman–Crippen LogP) is 1.76. The van der Waals surface area contributed by atoms with Crippen LogP contribution in [0.1, 0.15) is 17.5 Å². The van der Waals surface area contributed by atoms with Gasteiger partial charge in [-0.25, -0.2) is 4.98 Å². The number of aliphatic hydroxyl groups is 1. The van der Waals surface area contributed by atoms with Crippen LogP contribution in [0.5, 0.6) is 0 Å². The number of nitrogens with zero attached hydrogens (tertiary/aromatic N) is 2. The number of H-pyrrole nitrogens is 1. The lowest BCUT2D eigenvalue weighted by atomic mass is 10.1. The predicted molar refractivity (Wildman–Crippen MR) is 71.5 cm³/mol. The van der Waals surface area contributed by atoms with Gasteiger partial charge in [-0.05, 0) is 17.7 Å². The number of carbonyl (C=O) groups excluding carboxylic acids is 1. The highest BCUT2D eigenvalue weighted by atomic mass is 35.5. The van der Waals surface area contributed by atoms with Crippen molar-refractivity contribution in [2.45, 2.75) is 12.6 Å². The number of halogens is 1. The highest BCUT2D eigenvalue weighted by Crippen LogP contribution is 2.19. The molecule has 6 heteroatoms. The van der Waals surface area contributed by atoms with Gasteiger partial charge in [0.1, 0.15) is 5.82 Å². The van der Waals surface area contributed by atoms with Crippen molar-refractivity contribution in [3.63, 3.8) is 0 Å². The van der Waals surface area contributed by atoms with Crippen molar-refractivity contribution in [3.05, 3.63) is 53.1 Å². The fourth-order valence-corrected chi connectivity index (χ4v) is 1.91. The van der Waals surface area contributed by atoms with Crippen LogP contribution in [0.3, 0.4) is 0 Å². The fraction of sp³-hybridized carbons (Fsp3) is 0.231. The smallest absolute Gasteiger partial charge is 0.256 e. The van der Waals surface area contributed by atoms with E-state index in [1.807, 2.05) is 0 Å². The Labute approximate surface area is 115 Å². The van der Waals surface area contributed by atoms with Crippen molar-refractivity contribution in [3.8, 4) is 0 Å². The second-order valence-electron chi connectivity index (χ2n) is 4.19. The number of hydrogen-bond donors (Lipinski definition) is 2. The molecule has 0 spiro atoms. The summed E-state index contributed by atoms with van der Waals surface area (Å²) in [4.78, 5) is 20.4. The molecule has 0 radical (unpaired) electrons. The third-order valence-electron chi connectivity index (χ3n) is 2.72. The van der Waals surface area contributed by atoms with Crippen molar-refractivity contribution in [1.29, 1.82) is 0 Å². The van der Waals surface area contributed by atoms with Gasteiger partial charge in [0, 0.05) is 24.5 Å². The number of aliphatic hydroxyl groups excluding tert-OH is 1. The van der Waals surface area contributed by atoms with Crippen LogP contribution in [0.4, 0.5) is 0 Å². The Balaban J connectivity index is 2.06. The van der Waals surface area contributed by atoms with Crippen LogP contribution < -0.4 is 0 Å². The highest BCUT2D eigenvalue weighted by molar-refractivity contribution is 6.30. The van der Waals surface area contributed by atoms with E-state index in [0.29, 0.717) is 23.0 Å². The van der Waals surface area contributed by atoms with E-state index in [4.69, 9.17) is 11.6 Å². The molecular formula is C13H14ClN3O2. The summed E-state index contributed by atoms with van der Waals surface area (Å²) in [5, 5.41) is 10.5. The average molecular weight is 280 g/mol. The van der Waals surface area contributed by atoms with E-state index in [-0.39, 0.29) is 0 Å². The molecule has 1 atom stereocenters. The molecule has 1 heterocycles. The van der Waals surface area contributed by atoms with E-state index >= 15 is 0 Å². The number of likely N-dealkylation sites (N-methyl/N-ethyl adjacent to an activating group) is 1. The number of imidazole rings is 1. The first kappa shape index (κ1) is 13.6. The zero-order valence-electron chi connectivity index (χ0n) is 10.4. The number of rotatable bonds is 4. The van der Waals surface area contributed by atoms with Gasteiger partial charge in [-0.1, -0.05) is 23.7 Å². The molecule has 0 aliphatic rings. The summed E-state index contributed by atoms with van der Waals surface area (Å²) in [6.07, 6.45) is 2.07. The number of benzene rings is 1. The summed E-state index contributed by atoms with van der Waals surface area (Å²) >= 11 is 5.84. The molecule has 1 aromatic carbocycles. The lowest BCUT2D eigenvalue weighted by Crippen LogP contribution is -2.31. The van der Waals surface area contributed by atoms with Gasteiger partial charge >= 0.3 is 0 Å². The second kappa shape index (κ2) is 5.86. The molecule has 1 amide bonds. The van der Waals surface area contributed by atoms with Crippen LogP contribution in [0, 0.1) is 0 Å². The van der Waals surface area contributed by atoms with Gasteiger partial charge < -0.3 is 15.0 Å².